The number of nitrogens with two attached hydrogens (primary N) is 1. The highest BCUT2D eigenvalue weighted by Crippen LogP contribution is 2.37. The van der Waals surface area contributed by atoms with Gasteiger partial charge in [-0.15, -0.1) is 0 Å². The summed E-state index contributed by atoms with van der Waals surface area (Å²) < 4.78 is 5.73. The van der Waals surface area contributed by atoms with E-state index in [9.17, 15) is 0 Å². The van der Waals surface area contributed by atoms with Crippen LogP contribution in [-0.4, -0.2) is 17.0 Å². The van der Waals surface area contributed by atoms with Crippen LogP contribution < -0.4 is 5.73 Å². The van der Waals surface area contributed by atoms with Gasteiger partial charge in [0, 0.05) is 18.6 Å². The monoisotopic (exact) mass is 436 g/mol. The summed E-state index contributed by atoms with van der Waals surface area (Å²) in [6, 6.07) is 14.5. The summed E-state index contributed by atoms with van der Waals surface area (Å²) in [5.74, 6) is 2.93. The third-order valence-corrected chi connectivity index (χ3v) is 8.04. The fourth-order valence-electron chi connectivity index (χ4n) is 5.90. The van der Waals surface area contributed by atoms with E-state index in [4.69, 9.17) is 10.2 Å². The SMILES string of the molecule is CC(C)(C)c1ccc(CN(Cc2ccco2)C2CCC(CC3CCC(N)CC3)CC2)cc1. The Bertz CT molecular complexity index is 789. The third-order valence-electron chi connectivity index (χ3n) is 8.04. The number of furan rings is 1. The van der Waals surface area contributed by atoms with Crippen LogP contribution in [0.4, 0.5) is 0 Å². The third kappa shape index (κ3) is 6.48. The molecule has 0 atom stereocenters. The van der Waals surface area contributed by atoms with Gasteiger partial charge >= 0.3 is 0 Å². The first-order valence-electron chi connectivity index (χ1n) is 13.0. The molecular weight excluding hydrogens is 392 g/mol. The molecule has 0 radical (unpaired) electrons. The van der Waals surface area contributed by atoms with Gasteiger partial charge in [0.1, 0.15) is 5.76 Å². The molecule has 2 aliphatic carbocycles. The Kier molecular flexibility index (Phi) is 7.78. The molecule has 2 aromatic rings. The Labute approximate surface area is 195 Å². The molecule has 3 heteroatoms. The molecule has 0 aliphatic heterocycles. The van der Waals surface area contributed by atoms with Gasteiger partial charge in [-0.2, -0.15) is 0 Å². The predicted octanol–water partition coefficient (Wildman–Crippen LogP) is 7.05. The van der Waals surface area contributed by atoms with Crippen LogP contribution in [0, 0.1) is 11.8 Å². The van der Waals surface area contributed by atoms with Crippen LogP contribution in [0.25, 0.3) is 0 Å². The van der Waals surface area contributed by atoms with E-state index in [1.165, 1.54) is 68.9 Å². The predicted molar refractivity (Wildman–Crippen MR) is 133 cm³/mol. The highest BCUT2D eigenvalue weighted by molar-refractivity contribution is 5.27. The van der Waals surface area contributed by atoms with Crippen molar-refractivity contribution in [1.82, 2.24) is 4.90 Å². The van der Waals surface area contributed by atoms with Gasteiger partial charge in [0.2, 0.25) is 0 Å². The molecule has 4 rings (SSSR count). The molecule has 2 fully saturated rings. The van der Waals surface area contributed by atoms with Crippen LogP contribution in [0.3, 0.4) is 0 Å². The van der Waals surface area contributed by atoms with E-state index in [1.807, 2.05) is 6.07 Å². The average Bonchev–Trinajstić information content (AvgIpc) is 3.28. The summed E-state index contributed by atoms with van der Waals surface area (Å²) >= 11 is 0. The maximum atomic E-state index is 6.12. The van der Waals surface area contributed by atoms with Gasteiger partial charge in [0.25, 0.3) is 0 Å². The van der Waals surface area contributed by atoms with E-state index in [1.54, 1.807) is 6.26 Å². The summed E-state index contributed by atoms with van der Waals surface area (Å²) in [6.07, 6.45) is 13.8. The standard InChI is InChI=1S/C29H44N2O/c1-29(2,3)25-12-6-24(7-13-25)20-31(21-28-5-4-18-32-28)27-16-10-23(11-17-27)19-22-8-14-26(30)15-9-22/h4-7,12-13,18,22-23,26-27H,8-11,14-17,19-21,30H2,1-3H3. The van der Waals surface area contributed by atoms with Gasteiger partial charge < -0.3 is 10.2 Å². The zero-order chi connectivity index (χ0) is 22.6. The molecular formula is C29H44N2O. The van der Waals surface area contributed by atoms with Gasteiger partial charge in [0.15, 0.2) is 0 Å². The summed E-state index contributed by atoms with van der Waals surface area (Å²) in [4.78, 5) is 2.67. The van der Waals surface area contributed by atoms with E-state index in [0.717, 1.165) is 30.7 Å². The van der Waals surface area contributed by atoms with E-state index < -0.39 is 0 Å². The molecule has 1 aromatic carbocycles. The molecule has 0 saturated heterocycles. The molecule has 2 saturated carbocycles. The lowest BCUT2D eigenvalue weighted by Gasteiger charge is -2.38. The Balaban J connectivity index is 1.35. The maximum Gasteiger partial charge on any atom is 0.117 e. The molecule has 1 aromatic heterocycles. The fourth-order valence-corrected chi connectivity index (χ4v) is 5.90. The van der Waals surface area contributed by atoms with Crippen molar-refractivity contribution in [2.75, 3.05) is 0 Å². The van der Waals surface area contributed by atoms with Crippen LogP contribution in [0.15, 0.2) is 47.1 Å². The van der Waals surface area contributed by atoms with E-state index in [-0.39, 0.29) is 5.41 Å². The van der Waals surface area contributed by atoms with Crippen LogP contribution in [0.2, 0.25) is 0 Å². The van der Waals surface area contributed by atoms with Crippen LogP contribution in [0.5, 0.6) is 0 Å². The van der Waals surface area contributed by atoms with Crippen molar-refractivity contribution in [3.63, 3.8) is 0 Å². The van der Waals surface area contributed by atoms with Crippen LogP contribution in [0.1, 0.15) is 95.4 Å². The average molecular weight is 437 g/mol. The minimum Gasteiger partial charge on any atom is -0.468 e. The van der Waals surface area contributed by atoms with Gasteiger partial charge in [-0.1, -0.05) is 45.0 Å². The van der Waals surface area contributed by atoms with Gasteiger partial charge in [0.05, 0.1) is 12.8 Å². The van der Waals surface area contributed by atoms with Crippen molar-refractivity contribution >= 4 is 0 Å². The maximum absolute atomic E-state index is 6.12. The minimum atomic E-state index is 0.203. The van der Waals surface area contributed by atoms with Crippen molar-refractivity contribution in [3.8, 4) is 0 Å². The Morgan fingerprint density at radius 1 is 0.844 bits per heavy atom. The van der Waals surface area contributed by atoms with Crippen molar-refractivity contribution in [2.24, 2.45) is 17.6 Å². The van der Waals surface area contributed by atoms with E-state index in [2.05, 4.69) is 56.0 Å². The van der Waals surface area contributed by atoms with Crippen molar-refractivity contribution < 1.29 is 4.42 Å². The van der Waals surface area contributed by atoms with E-state index in [0.29, 0.717) is 12.1 Å². The molecule has 0 spiro atoms. The van der Waals surface area contributed by atoms with E-state index >= 15 is 0 Å². The fraction of sp³-hybridized carbons (Fsp3) is 0.655. The molecule has 1 heterocycles. The zero-order valence-electron chi connectivity index (χ0n) is 20.6. The minimum absolute atomic E-state index is 0.203. The molecule has 0 amide bonds. The molecule has 2 N–H and O–H groups in total. The summed E-state index contributed by atoms with van der Waals surface area (Å²) in [6.45, 7) is 8.76. The normalized spacial score (nSPS) is 27.0. The van der Waals surface area contributed by atoms with Crippen molar-refractivity contribution in [2.45, 2.75) is 109 Å². The topological polar surface area (TPSA) is 42.4 Å². The number of hydrogen-bond donors (Lipinski definition) is 1. The largest absolute Gasteiger partial charge is 0.468 e. The highest BCUT2D eigenvalue weighted by atomic mass is 16.3. The lowest BCUT2D eigenvalue weighted by molar-refractivity contribution is 0.104. The Hall–Kier alpha value is -1.58. The summed E-state index contributed by atoms with van der Waals surface area (Å²) in [5, 5.41) is 0. The quantitative estimate of drug-likeness (QED) is 0.506. The molecule has 32 heavy (non-hydrogen) atoms. The second kappa shape index (κ2) is 10.6. The van der Waals surface area contributed by atoms with Crippen LogP contribution in [-0.2, 0) is 18.5 Å². The molecule has 0 bridgehead atoms. The molecule has 2 aliphatic rings. The first-order chi connectivity index (χ1) is 15.4. The zero-order valence-corrected chi connectivity index (χ0v) is 20.6. The summed E-state index contributed by atoms with van der Waals surface area (Å²) in [7, 11) is 0. The Morgan fingerprint density at radius 2 is 1.47 bits per heavy atom. The first-order valence-corrected chi connectivity index (χ1v) is 13.0. The second-order valence-electron chi connectivity index (χ2n) is 11.6. The van der Waals surface area contributed by atoms with Crippen molar-refractivity contribution in [1.29, 1.82) is 0 Å². The lowest BCUT2D eigenvalue weighted by atomic mass is 9.75. The number of hydrogen-bond acceptors (Lipinski definition) is 3. The number of benzene rings is 1. The Morgan fingerprint density at radius 3 is 2.03 bits per heavy atom. The lowest BCUT2D eigenvalue weighted by Crippen LogP contribution is -2.37. The van der Waals surface area contributed by atoms with Gasteiger partial charge in [-0.05, 0) is 98.3 Å². The summed E-state index contributed by atoms with van der Waals surface area (Å²) in [5.41, 5.74) is 9.13. The van der Waals surface area contributed by atoms with Crippen molar-refractivity contribution in [3.05, 3.63) is 59.5 Å². The number of rotatable bonds is 7. The molecule has 176 valence electrons. The first kappa shape index (κ1) is 23.6. The highest BCUT2D eigenvalue weighted by Gasteiger charge is 2.29. The van der Waals surface area contributed by atoms with Gasteiger partial charge in [-0.25, -0.2) is 0 Å². The second-order valence-corrected chi connectivity index (χ2v) is 11.6. The smallest absolute Gasteiger partial charge is 0.117 e. The van der Waals surface area contributed by atoms with Gasteiger partial charge in [-0.3, -0.25) is 4.90 Å². The number of nitrogens with zero attached hydrogens (tertiary/aromatic N) is 1. The molecule has 0 unspecified atom stereocenters. The van der Waals surface area contributed by atoms with Crippen LogP contribution >= 0.6 is 0 Å². The molecule has 3 nitrogen and oxygen atoms in total.